The fourth-order valence-electron chi connectivity index (χ4n) is 6.23. The smallest absolute Gasteiger partial charge is 0.304 e. The standard InChI is InChI=1S/C28H46NO5P/c1-19(2)24-14-12-21(5)16-26(24)33-35(32,28(18-29(30)31)23-10-8-7-9-11-23)34-27-17-22(6)13-15-25(27)20(3)4/h7-11,19-22,24-28H,12-18H2,1-6H3/t21-,22+,24+,25-,26-,27-,28-,35?/m1/s1. The van der Waals surface area contributed by atoms with Crippen LogP contribution in [0.3, 0.4) is 0 Å². The molecule has 0 radical (unpaired) electrons. The van der Waals surface area contributed by atoms with Crippen LogP contribution in [0.5, 0.6) is 0 Å². The summed E-state index contributed by atoms with van der Waals surface area (Å²) in [6.07, 6.45) is 5.46. The number of hydrogen-bond donors (Lipinski definition) is 0. The lowest BCUT2D eigenvalue weighted by atomic mass is 9.75. The van der Waals surface area contributed by atoms with E-state index in [9.17, 15) is 14.7 Å². The van der Waals surface area contributed by atoms with Gasteiger partial charge in [0.2, 0.25) is 6.54 Å². The van der Waals surface area contributed by atoms with Crippen molar-refractivity contribution < 1.29 is 18.5 Å². The van der Waals surface area contributed by atoms with E-state index in [1.165, 1.54) is 0 Å². The largest absolute Gasteiger partial charge is 0.345 e. The highest BCUT2D eigenvalue weighted by atomic mass is 31.2. The molecule has 0 aliphatic heterocycles. The highest BCUT2D eigenvalue weighted by molar-refractivity contribution is 7.54. The van der Waals surface area contributed by atoms with Gasteiger partial charge in [0.05, 0.1) is 12.2 Å². The van der Waals surface area contributed by atoms with Crippen molar-refractivity contribution in [2.45, 2.75) is 97.9 Å². The highest BCUT2D eigenvalue weighted by Gasteiger charge is 2.48. The Kier molecular flexibility index (Phi) is 9.99. The van der Waals surface area contributed by atoms with E-state index in [0.717, 1.165) is 38.5 Å². The fourth-order valence-corrected chi connectivity index (χ4v) is 8.68. The minimum atomic E-state index is -3.89. The quantitative estimate of drug-likeness (QED) is 0.181. The Hall–Kier alpha value is -1.23. The first-order valence-electron chi connectivity index (χ1n) is 13.6. The highest BCUT2D eigenvalue weighted by Crippen LogP contribution is 2.65. The summed E-state index contributed by atoms with van der Waals surface area (Å²) in [4.78, 5) is 11.5. The van der Waals surface area contributed by atoms with E-state index in [4.69, 9.17) is 9.05 Å². The summed E-state index contributed by atoms with van der Waals surface area (Å²) in [6.45, 7) is 12.7. The zero-order valence-corrected chi connectivity index (χ0v) is 23.4. The van der Waals surface area contributed by atoms with Crippen molar-refractivity contribution in [2.75, 3.05) is 6.54 Å². The van der Waals surface area contributed by atoms with Gasteiger partial charge in [0, 0.05) is 4.92 Å². The first-order valence-corrected chi connectivity index (χ1v) is 15.2. The van der Waals surface area contributed by atoms with Crippen LogP contribution in [-0.2, 0) is 13.6 Å². The molecule has 0 aromatic heterocycles. The van der Waals surface area contributed by atoms with Crippen LogP contribution in [0, 0.1) is 45.6 Å². The summed E-state index contributed by atoms with van der Waals surface area (Å²) in [6, 6.07) is 9.19. The molecule has 6 nitrogen and oxygen atoms in total. The van der Waals surface area contributed by atoms with Crippen molar-refractivity contribution in [3.05, 3.63) is 46.0 Å². The first-order chi connectivity index (χ1) is 16.5. The van der Waals surface area contributed by atoms with Gasteiger partial charge in [-0.15, -0.1) is 0 Å². The molecule has 0 saturated heterocycles. The number of rotatable bonds is 10. The monoisotopic (exact) mass is 507 g/mol. The van der Waals surface area contributed by atoms with Crippen LogP contribution in [0.25, 0.3) is 0 Å². The van der Waals surface area contributed by atoms with Gasteiger partial charge in [-0.3, -0.25) is 14.7 Å². The van der Waals surface area contributed by atoms with Crippen LogP contribution in [0.15, 0.2) is 30.3 Å². The van der Waals surface area contributed by atoms with Crippen molar-refractivity contribution in [3.63, 3.8) is 0 Å². The van der Waals surface area contributed by atoms with Crippen molar-refractivity contribution >= 4 is 7.60 Å². The summed E-state index contributed by atoms with van der Waals surface area (Å²) in [7, 11) is -3.89. The van der Waals surface area contributed by atoms with Crippen LogP contribution in [0.2, 0.25) is 0 Å². The topological polar surface area (TPSA) is 78.7 Å². The van der Waals surface area contributed by atoms with E-state index in [1.807, 2.05) is 30.3 Å². The second-order valence-electron chi connectivity index (χ2n) is 11.9. The molecule has 0 bridgehead atoms. The summed E-state index contributed by atoms with van der Waals surface area (Å²) >= 11 is 0. The van der Waals surface area contributed by atoms with Gasteiger partial charge in [-0.2, -0.15) is 0 Å². The minimum Gasteiger partial charge on any atom is -0.304 e. The molecule has 2 aliphatic carbocycles. The van der Waals surface area contributed by atoms with Gasteiger partial charge in [0.1, 0.15) is 0 Å². The lowest BCUT2D eigenvalue weighted by Crippen LogP contribution is -2.37. The SMILES string of the molecule is CC(C)[C@H]1CC[C@H](C)C[C@H]1OP(=O)(O[C@@H]1C[C@H](C)CC[C@H]1C(C)C)[C@H](C[N+](=O)[O-])c1ccccc1. The molecule has 8 atom stereocenters. The Bertz CT molecular complexity index is 822. The molecule has 2 fully saturated rings. The van der Waals surface area contributed by atoms with Gasteiger partial charge in [0.15, 0.2) is 5.66 Å². The van der Waals surface area contributed by atoms with E-state index in [2.05, 4.69) is 41.5 Å². The Balaban J connectivity index is 2.03. The van der Waals surface area contributed by atoms with Gasteiger partial charge in [-0.25, -0.2) is 0 Å². The Morgan fingerprint density at radius 3 is 1.74 bits per heavy atom. The molecule has 1 unspecified atom stereocenters. The molecular formula is C28H46NO5P. The van der Waals surface area contributed by atoms with Crippen LogP contribution >= 0.6 is 7.60 Å². The second kappa shape index (κ2) is 12.3. The zero-order chi connectivity index (χ0) is 25.8. The Labute approximate surface area is 212 Å². The third kappa shape index (κ3) is 7.40. The van der Waals surface area contributed by atoms with Crippen LogP contribution in [-0.4, -0.2) is 23.7 Å². The average molecular weight is 508 g/mol. The van der Waals surface area contributed by atoms with Crippen molar-refractivity contribution in [2.24, 2.45) is 35.5 Å². The number of nitrogens with zero attached hydrogens (tertiary/aromatic N) is 1. The lowest BCUT2D eigenvalue weighted by Gasteiger charge is -2.43. The summed E-state index contributed by atoms with van der Waals surface area (Å²) in [5.74, 6) is 2.22. The maximum absolute atomic E-state index is 15.0. The second-order valence-corrected chi connectivity index (χ2v) is 14.0. The molecule has 3 rings (SSSR count). The van der Waals surface area contributed by atoms with Gasteiger partial charge in [-0.05, 0) is 66.8 Å². The average Bonchev–Trinajstić information content (AvgIpc) is 2.77. The maximum Gasteiger partial charge on any atom is 0.345 e. The normalized spacial score (nSPS) is 32.3. The predicted octanol–water partition coefficient (Wildman–Crippen LogP) is 8.15. The van der Waals surface area contributed by atoms with Gasteiger partial charge >= 0.3 is 7.60 Å². The van der Waals surface area contributed by atoms with Crippen LogP contribution in [0.1, 0.15) is 91.3 Å². The Morgan fingerprint density at radius 1 is 0.886 bits per heavy atom. The molecule has 0 heterocycles. The van der Waals surface area contributed by atoms with Crippen molar-refractivity contribution in [1.82, 2.24) is 0 Å². The number of benzene rings is 1. The van der Waals surface area contributed by atoms with Crippen molar-refractivity contribution in [1.29, 1.82) is 0 Å². The number of hydrogen-bond acceptors (Lipinski definition) is 5. The van der Waals surface area contributed by atoms with E-state index >= 15 is 0 Å². The summed E-state index contributed by atoms with van der Waals surface area (Å²) in [5.41, 5.74) is -0.267. The van der Waals surface area contributed by atoms with Gasteiger partial charge in [0.25, 0.3) is 0 Å². The van der Waals surface area contributed by atoms with Gasteiger partial charge in [-0.1, -0.05) is 84.7 Å². The summed E-state index contributed by atoms with van der Waals surface area (Å²) in [5, 5.41) is 11.8. The maximum atomic E-state index is 15.0. The minimum absolute atomic E-state index is 0.221. The molecule has 0 N–H and O–H groups in total. The molecule has 35 heavy (non-hydrogen) atoms. The molecule has 2 saturated carbocycles. The van der Waals surface area contributed by atoms with Crippen molar-refractivity contribution in [3.8, 4) is 0 Å². The fraction of sp³-hybridized carbons (Fsp3) is 0.786. The molecule has 0 spiro atoms. The lowest BCUT2D eigenvalue weighted by molar-refractivity contribution is -0.480. The van der Waals surface area contributed by atoms with E-state index in [0.29, 0.717) is 29.2 Å². The molecule has 1 aromatic carbocycles. The zero-order valence-electron chi connectivity index (χ0n) is 22.5. The Morgan fingerprint density at radius 2 is 1.34 bits per heavy atom. The third-order valence-electron chi connectivity index (χ3n) is 8.38. The number of nitro groups is 1. The van der Waals surface area contributed by atoms with Crippen LogP contribution in [0.4, 0.5) is 0 Å². The van der Waals surface area contributed by atoms with E-state index in [-0.39, 0.29) is 29.0 Å². The third-order valence-corrected chi connectivity index (χ3v) is 10.7. The molecule has 7 heteroatoms. The van der Waals surface area contributed by atoms with Gasteiger partial charge < -0.3 is 9.05 Å². The predicted molar refractivity (Wildman–Crippen MR) is 141 cm³/mol. The van der Waals surface area contributed by atoms with E-state index in [1.54, 1.807) is 0 Å². The van der Waals surface area contributed by atoms with Crippen LogP contribution < -0.4 is 0 Å². The molecular weight excluding hydrogens is 461 g/mol. The first kappa shape index (κ1) is 28.3. The molecule has 1 aromatic rings. The summed E-state index contributed by atoms with van der Waals surface area (Å²) < 4.78 is 28.3. The molecule has 2 aliphatic rings. The van der Waals surface area contributed by atoms with E-state index < -0.39 is 19.8 Å². The molecule has 0 amide bonds. The molecule has 198 valence electrons.